The van der Waals surface area contributed by atoms with Gasteiger partial charge in [0.2, 0.25) is 0 Å². The summed E-state index contributed by atoms with van der Waals surface area (Å²) < 4.78 is 17.3. The number of carbonyl (C=O) groups is 1. The monoisotopic (exact) mass is 483 g/mol. The zero-order valence-electron chi connectivity index (χ0n) is 19.8. The highest BCUT2D eigenvalue weighted by Crippen LogP contribution is 2.30. The summed E-state index contributed by atoms with van der Waals surface area (Å²) in [6.07, 6.45) is 5.68. The predicted octanol–water partition coefficient (Wildman–Crippen LogP) is 6.49. The molecule has 1 aliphatic rings. The first-order valence-electron chi connectivity index (χ1n) is 11.6. The molecule has 8 heteroatoms. The van der Waals surface area contributed by atoms with Gasteiger partial charge in [-0.15, -0.1) is 0 Å². The third kappa shape index (κ3) is 5.89. The molecule has 3 aromatic rings. The van der Waals surface area contributed by atoms with Gasteiger partial charge < -0.3 is 18.9 Å². The first kappa shape index (κ1) is 24.1. The number of hydrogen-bond acceptors (Lipinski definition) is 6. The molecule has 2 heterocycles. The van der Waals surface area contributed by atoms with Crippen LogP contribution in [0, 0.1) is 13.8 Å². The normalized spacial score (nSPS) is 14.1. The molecule has 0 aliphatic heterocycles. The van der Waals surface area contributed by atoms with E-state index >= 15 is 0 Å². The fraction of sp³-hybridized carbons (Fsp3) is 0.423. The van der Waals surface area contributed by atoms with Gasteiger partial charge in [0.25, 0.3) is 0 Å². The van der Waals surface area contributed by atoms with Crippen molar-refractivity contribution in [1.29, 1.82) is 0 Å². The zero-order valence-corrected chi connectivity index (χ0v) is 20.6. The van der Waals surface area contributed by atoms with Crippen LogP contribution in [0.5, 0.6) is 5.75 Å². The third-order valence-corrected chi connectivity index (χ3v) is 6.30. The van der Waals surface area contributed by atoms with E-state index in [1.165, 1.54) is 24.2 Å². The molecule has 0 saturated heterocycles. The molecular formula is C26H30ClN3O4. The van der Waals surface area contributed by atoms with Gasteiger partial charge in [0.05, 0.1) is 23.1 Å². The first-order valence-corrected chi connectivity index (χ1v) is 12.0. The molecule has 0 unspecified atom stereocenters. The van der Waals surface area contributed by atoms with Crippen molar-refractivity contribution in [2.75, 3.05) is 7.05 Å². The number of aromatic nitrogens is 2. The lowest BCUT2D eigenvalue weighted by molar-refractivity contribution is 0.102. The van der Waals surface area contributed by atoms with E-state index in [4.69, 9.17) is 25.6 Å². The van der Waals surface area contributed by atoms with Gasteiger partial charge in [-0.2, -0.15) is 0 Å². The zero-order chi connectivity index (χ0) is 24.1. The summed E-state index contributed by atoms with van der Waals surface area (Å²) >= 11 is 6.03. The summed E-state index contributed by atoms with van der Waals surface area (Å²) in [7, 11) is 1.68. The summed E-state index contributed by atoms with van der Waals surface area (Å²) in [4.78, 5) is 18.7. The van der Waals surface area contributed by atoms with Crippen LogP contribution in [-0.4, -0.2) is 34.3 Å². The van der Waals surface area contributed by atoms with E-state index in [0.717, 1.165) is 29.8 Å². The van der Waals surface area contributed by atoms with E-state index in [2.05, 4.69) is 10.1 Å². The second-order valence-electron chi connectivity index (χ2n) is 8.77. The molecular weight excluding hydrogens is 454 g/mol. The summed E-state index contributed by atoms with van der Waals surface area (Å²) in [5, 5.41) is 4.70. The van der Waals surface area contributed by atoms with E-state index in [9.17, 15) is 4.79 Å². The molecule has 1 saturated carbocycles. The molecule has 7 nitrogen and oxygen atoms in total. The number of benzene rings is 1. The van der Waals surface area contributed by atoms with Crippen molar-refractivity contribution in [3.63, 3.8) is 0 Å². The number of nitrogens with zero attached hydrogens (tertiary/aromatic N) is 3. The molecule has 0 radical (unpaired) electrons. The molecule has 0 spiro atoms. The van der Waals surface area contributed by atoms with Crippen LogP contribution in [0.1, 0.15) is 54.6 Å². The van der Waals surface area contributed by atoms with E-state index in [-0.39, 0.29) is 12.7 Å². The van der Waals surface area contributed by atoms with Gasteiger partial charge in [-0.05, 0) is 69.4 Å². The SMILES string of the molecule is Cc1nc(-c2onc(C)c2COC(=O)N(C)Cc2cccc(Cl)c2)ccc1OC1CCCCC1. The first-order chi connectivity index (χ1) is 16.4. The Morgan fingerprint density at radius 1 is 1.15 bits per heavy atom. The number of pyridine rings is 1. The third-order valence-electron chi connectivity index (χ3n) is 6.06. The lowest BCUT2D eigenvalue weighted by atomic mass is 9.98. The van der Waals surface area contributed by atoms with E-state index in [1.54, 1.807) is 13.1 Å². The maximum Gasteiger partial charge on any atom is 0.410 e. The van der Waals surface area contributed by atoms with Gasteiger partial charge in [0, 0.05) is 18.6 Å². The minimum Gasteiger partial charge on any atom is -0.489 e. The fourth-order valence-electron chi connectivity index (χ4n) is 4.14. The van der Waals surface area contributed by atoms with Gasteiger partial charge in [-0.3, -0.25) is 0 Å². The molecule has 1 fully saturated rings. The average Bonchev–Trinajstić information content (AvgIpc) is 3.19. The quantitative estimate of drug-likeness (QED) is 0.382. The molecule has 34 heavy (non-hydrogen) atoms. The number of ether oxygens (including phenoxy) is 2. The van der Waals surface area contributed by atoms with Crippen molar-refractivity contribution in [2.24, 2.45) is 0 Å². The average molecular weight is 484 g/mol. The Balaban J connectivity index is 1.41. The molecule has 4 rings (SSSR count). The summed E-state index contributed by atoms with van der Waals surface area (Å²) in [5.41, 5.74) is 3.69. The van der Waals surface area contributed by atoms with Crippen LogP contribution in [0.25, 0.3) is 11.5 Å². The lowest BCUT2D eigenvalue weighted by Crippen LogP contribution is -2.27. The summed E-state index contributed by atoms with van der Waals surface area (Å²) in [6, 6.07) is 11.2. The van der Waals surface area contributed by atoms with Crippen LogP contribution in [0.3, 0.4) is 0 Å². The minimum absolute atomic E-state index is 0.0322. The van der Waals surface area contributed by atoms with E-state index < -0.39 is 6.09 Å². The predicted molar refractivity (Wildman–Crippen MR) is 130 cm³/mol. The Morgan fingerprint density at radius 3 is 2.68 bits per heavy atom. The van der Waals surface area contributed by atoms with Gasteiger partial charge in [-0.1, -0.05) is 35.3 Å². The van der Waals surface area contributed by atoms with E-state index in [1.807, 2.05) is 44.2 Å². The fourth-order valence-corrected chi connectivity index (χ4v) is 4.35. The van der Waals surface area contributed by atoms with Gasteiger partial charge in [0.1, 0.15) is 18.1 Å². The maximum atomic E-state index is 12.6. The van der Waals surface area contributed by atoms with Crippen molar-refractivity contribution in [3.8, 4) is 17.2 Å². The second kappa shape index (κ2) is 10.9. The molecule has 0 N–H and O–H groups in total. The van der Waals surface area contributed by atoms with Crippen LogP contribution < -0.4 is 4.74 Å². The van der Waals surface area contributed by atoms with Crippen molar-refractivity contribution in [1.82, 2.24) is 15.0 Å². The highest BCUT2D eigenvalue weighted by atomic mass is 35.5. The largest absolute Gasteiger partial charge is 0.489 e. The highest BCUT2D eigenvalue weighted by molar-refractivity contribution is 6.30. The number of aryl methyl sites for hydroxylation is 2. The smallest absolute Gasteiger partial charge is 0.410 e. The van der Waals surface area contributed by atoms with Crippen molar-refractivity contribution >= 4 is 17.7 Å². The molecule has 2 aromatic heterocycles. The summed E-state index contributed by atoms with van der Waals surface area (Å²) in [6.45, 7) is 4.16. The van der Waals surface area contributed by atoms with Crippen molar-refractivity contribution in [3.05, 3.63) is 63.9 Å². The van der Waals surface area contributed by atoms with Crippen molar-refractivity contribution in [2.45, 2.75) is 65.2 Å². The van der Waals surface area contributed by atoms with E-state index in [0.29, 0.717) is 34.3 Å². The van der Waals surface area contributed by atoms with Crippen LogP contribution in [0.4, 0.5) is 4.79 Å². The van der Waals surface area contributed by atoms with Gasteiger partial charge in [0.15, 0.2) is 5.76 Å². The highest BCUT2D eigenvalue weighted by Gasteiger charge is 2.21. The minimum atomic E-state index is -0.452. The van der Waals surface area contributed by atoms with Crippen LogP contribution in [0.15, 0.2) is 40.9 Å². The Hall–Kier alpha value is -3.06. The standard InChI is InChI=1S/C26H30ClN3O4/c1-17-22(16-32-26(31)30(3)15-19-8-7-9-20(27)14-19)25(34-29-17)23-12-13-24(18(2)28-23)33-21-10-5-4-6-11-21/h7-9,12-14,21H,4-6,10-11,15-16H2,1-3H3. The molecule has 0 bridgehead atoms. The van der Waals surface area contributed by atoms with Crippen LogP contribution in [-0.2, 0) is 17.9 Å². The Bertz CT molecular complexity index is 1140. The number of rotatable bonds is 7. The lowest BCUT2D eigenvalue weighted by Gasteiger charge is -2.23. The summed E-state index contributed by atoms with van der Waals surface area (Å²) in [5.74, 6) is 1.29. The van der Waals surface area contributed by atoms with Gasteiger partial charge >= 0.3 is 6.09 Å². The topological polar surface area (TPSA) is 77.7 Å². The van der Waals surface area contributed by atoms with Crippen molar-refractivity contribution < 1.29 is 18.8 Å². The molecule has 180 valence electrons. The Kier molecular flexibility index (Phi) is 7.73. The maximum absolute atomic E-state index is 12.6. The molecule has 1 aliphatic carbocycles. The van der Waals surface area contributed by atoms with Crippen LogP contribution >= 0.6 is 11.6 Å². The Morgan fingerprint density at radius 2 is 1.94 bits per heavy atom. The molecule has 1 amide bonds. The van der Waals surface area contributed by atoms with Crippen LogP contribution in [0.2, 0.25) is 5.02 Å². The number of hydrogen-bond donors (Lipinski definition) is 0. The Labute approximate surface area is 205 Å². The number of carbonyl (C=O) groups excluding carboxylic acids is 1. The molecule has 1 aromatic carbocycles. The number of amides is 1. The second-order valence-corrected chi connectivity index (χ2v) is 9.21. The van der Waals surface area contributed by atoms with Gasteiger partial charge in [-0.25, -0.2) is 9.78 Å². The number of halogens is 1. The molecule has 0 atom stereocenters.